The lowest BCUT2D eigenvalue weighted by Gasteiger charge is -2.20. The van der Waals surface area contributed by atoms with E-state index < -0.39 is 16.3 Å². The van der Waals surface area contributed by atoms with E-state index in [9.17, 15) is 14.9 Å². The molecule has 0 radical (unpaired) electrons. The number of aliphatic carboxylic acids is 1. The van der Waals surface area contributed by atoms with Crippen molar-refractivity contribution in [3.05, 3.63) is 22.2 Å². The maximum absolute atomic E-state index is 11.1. The summed E-state index contributed by atoms with van der Waals surface area (Å²) < 4.78 is 10.1. The third-order valence-electron chi connectivity index (χ3n) is 3.00. The Bertz CT molecular complexity index is 556. The quantitative estimate of drug-likeness (QED) is 0.586. The van der Waals surface area contributed by atoms with Crippen molar-refractivity contribution < 1.29 is 24.3 Å². The zero-order chi connectivity index (χ0) is 16.2. The van der Waals surface area contributed by atoms with E-state index in [-0.39, 0.29) is 23.7 Å². The lowest BCUT2D eigenvalue weighted by atomic mass is 9.94. The van der Waals surface area contributed by atoms with Gasteiger partial charge in [-0.1, -0.05) is 0 Å². The topological polar surface area (TPSA) is 111 Å². The molecule has 0 aliphatic carbocycles. The molecule has 0 spiro atoms. The standard InChI is InChI=1S/C13H18N2O6/c1-13(2,12(16)17)7-14-8-5-10(20-3)11(21-4)6-9(8)15(18)19/h5-6,14H,7H2,1-4H3,(H,16,17). The van der Waals surface area contributed by atoms with Gasteiger partial charge in [0.2, 0.25) is 0 Å². The molecule has 1 aromatic rings. The number of carbonyl (C=O) groups is 1. The summed E-state index contributed by atoms with van der Waals surface area (Å²) in [6.07, 6.45) is 0. The lowest BCUT2D eigenvalue weighted by molar-refractivity contribution is -0.384. The highest BCUT2D eigenvalue weighted by Crippen LogP contribution is 2.38. The van der Waals surface area contributed by atoms with E-state index in [1.807, 2.05) is 0 Å². The number of methoxy groups -OCH3 is 2. The van der Waals surface area contributed by atoms with Crippen molar-refractivity contribution in [3.8, 4) is 11.5 Å². The number of nitrogens with one attached hydrogen (secondary N) is 1. The van der Waals surface area contributed by atoms with Gasteiger partial charge in [0.15, 0.2) is 11.5 Å². The van der Waals surface area contributed by atoms with E-state index in [4.69, 9.17) is 14.6 Å². The van der Waals surface area contributed by atoms with E-state index in [2.05, 4.69) is 5.32 Å². The van der Waals surface area contributed by atoms with Crippen molar-refractivity contribution in [2.45, 2.75) is 13.8 Å². The van der Waals surface area contributed by atoms with Crippen molar-refractivity contribution in [1.82, 2.24) is 0 Å². The van der Waals surface area contributed by atoms with Crippen LogP contribution in [0.1, 0.15) is 13.8 Å². The fraction of sp³-hybridized carbons (Fsp3) is 0.462. The first-order valence-electron chi connectivity index (χ1n) is 6.10. The van der Waals surface area contributed by atoms with Gasteiger partial charge in [-0.2, -0.15) is 0 Å². The lowest BCUT2D eigenvalue weighted by Crippen LogP contribution is -2.31. The van der Waals surface area contributed by atoms with Crippen LogP contribution < -0.4 is 14.8 Å². The van der Waals surface area contributed by atoms with Crippen LogP contribution >= 0.6 is 0 Å². The molecule has 0 aromatic heterocycles. The maximum atomic E-state index is 11.1. The summed E-state index contributed by atoms with van der Waals surface area (Å²) in [6.45, 7) is 3.07. The van der Waals surface area contributed by atoms with E-state index in [0.29, 0.717) is 5.75 Å². The number of carboxylic acid groups (broad SMARTS) is 1. The highest BCUT2D eigenvalue weighted by atomic mass is 16.6. The second-order valence-corrected chi connectivity index (χ2v) is 5.02. The van der Waals surface area contributed by atoms with E-state index in [1.54, 1.807) is 0 Å². The summed E-state index contributed by atoms with van der Waals surface area (Å²) in [7, 11) is 2.79. The first kappa shape index (κ1) is 16.5. The highest BCUT2D eigenvalue weighted by Gasteiger charge is 2.28. The minimum atomic E-state index is -1.07. The molecule has 0 saturated carbocycles. The Morgan fingerprint density at radius 2 is 1.86 bits per heavy atom. The molecule has 0 aliphatic rings. The zero-order valence-corrected chi connectivity index (χ0v) is 12.3. The fourth-order valence-corrected chi connectivity index (χ4v) is 1.55. The van der Waals surface area contributed by atoms with Gasteiger partial charge in [0.25, 0.3) is 5.69 Å². The minimum absolute atomic E-state index is 0.0264. The SMILES string of the molecule is COc1cc(NCC(C)(C)C(=O)O)c([N+](=O)[O-])cc1OC. The van der Waals surface area contributed by atoms with Crippen molar-refractivity contribution in [1.29, 1.82) is 0 Å². The summed E-state index contributed by atoms with van der Waals surface area (Å²) >= 11 is 0. The summed E-state index contributed by atoms with van der Waals surface area (Å²) in [6, 6.07) is 2.64. The van der Waals surface area contributed by atoms with Crippen LogP contribution in [0.15, 0.2) is 12.1 Å². The van der Waals surface area contributed by atoms with Crippen molar-refractivity contribution in [3.63, 3.8) is 0 Å². The molecule has 0 saturated heterocycles. The van der Waals surface area contributed by atoms with Gasteiger partial charge in [-0.25, -0.2) is 0 Å². The number of rotatable bonds is 7. The Hall–Kier alpha value is -2.51. The Labute approximate surface area is 121 Å². The third kappa shape index (κ3) is 3.74. The van der Waals surface area contributed by atoms with Gasteiger partial charge >= 0.3 is 5.97 Å². The Morgan fingerprint density at radius 1 is 1.33 bits per heavy atom. The van der Waals surface area contributed by atoms with E-state index in [0.717, 1.165) is 0 Å². The molecule has 8 nitrogen and oxygen atoms in total. The monoisotopic (exact) mass is 298 g/mol. The Balaban J connectivity index is 3.16. The van der Waals surface area contributed by atoms with Gasteiger partial charge in [0.1, 0.15) is 5.69 Å². The molecule has 0 unspecified atom stereocenters. The predicted molar refractivity (Wildman–Crippen MR) is 76.1 cm³/mol. The highest BCUT2D eigenvalue weighted by molar-refractivity contribution is 5.75. The number of hydrogen-bond donors (Lipinski definition) is 2. The number of benzene rings is 1. The van der Waals surface area contributed by atoms with Crippen LogP contribution in [0.5, 0.6) is 11.5 Å². The number of nitro benzene ring substituents is 1. The minimum Gasteiger partial charge on any atom is -0.493 e. The van der Waals surface area contributed by atoms with Crippen molar-refractivity contribution in [2.75, 3.05) is 26.1 Å². The van der Waals surface area contributed by atoms with Gasteiger partial charge in [-0.15, -0.1) is 0 Å². The molecule has 2 N–H and O–H groups in total. The number of anilines is 1. The molecule has 0 aliphatic heterocycles. The molecule has 0 fully saturated rings. The van der Waals surface area contributed by atoms with Gasteiger partial charge in [-0.05, 0) is 13.8 Å². The Kier molecular flexibility index (Phi) is 4.96. The molecule has 1 aromatic carbocycles. The normalized spacial score (nSPS) is 10.9. The Morgan fingerprint density at radius 3 is 2.29 bits per heavy atom. The molecule has 0 atom stereocenters. The van der Waals surface area contributed by atoms with Crippen LogP contribution in [0.3, 0.4) is 0 Å². The first-order chi connectivity index (χ1) is 9.72. The average molecular weight is 298 g/mol. The maximum Gasteiger partial charge on any atom is 0.310 e. The van der Waals surface area contributed by atoms with Crippen LogP contribution in [0.25, 0.3) is 0 Å². The molecule has 0 bridgehead atoms. The molecular formula is C13H18N2O6. The van der Waals surface area contributed by atoms with Crippen LogP contribution in [-0.2, 0) is 4.79 Å². The second kappa shape index (κ2) is 6.29. The van der Waals surface area contributed by atoms with Crippen LogP contribution in [0.2, 0.25) is 0 Å². The van der Waals surface area contributed by atoms with Gasteiger partial charge in [0, 0.05) is 12.6 Å². The fourth-order valence-electron chi connectivity index (χ4n) is 1.55. The second-order valence-electron chi connectivity index (χ2n) is 5.02. The van der Waals surface area contributed by atoms with Gasteiger partial charge in [0.05, 0.1) is 30.6 Å². The van der Waals surface area contributed by atoms with Gasteiger partial charge in [-0.3, -0.25) is 14.9 Å². The van der Waals surface area contributed by atoms with Crippen LogP contribution in [-0.4, -0.2) is 36.8 Å². The number of nitrogens with zero attached hydrogens (tertiary/aromatic N) is 1. The predicted octanol–water partition coefficient (Wildman–Crippen LogP) is 2.13. The molecule has 8 heteroatoms. The third-order valence-corrected chi connectivity index (χ3v) is 3.00. The van der Waals surface area contributed by atoms with Crippen LogP contribution in [0, 0.1) is 15.5 Å². The number of ether oxygens (including phenoxy) is 2. The summed E-state index contributed by atoms with van der Waals surface area (Å²) in [4.78, 5) is 21.6. The van der Waals surface area contributed by atoms with Gasteiger partial charge < -0.3 is 19.9 Å². The van der Waals surface area contributed by atoms with E-state index in [1.165, 1.54) is 40.2 Å². The number of hydrogen-bond acceptors (Lipinski definition) is 6. The zero-order valence-electron chi connectivity index (χ0n) is 12.3. The largest absolute Gasteiger partial charge is 0.493 e. The molecule has 0 amide bonds. The molecule has 21 heavy (non-hydrogen) atoms. The van der Waals surface area contributed by atoms with Crippen molar-refractivity contribution >= 4 is 17.3 Å². The van der Waals surface area contributed by atoms with Crippen molar-refractivity contribution in [2.24, 2.45) is 5.41 Å². The molecule has 0 heterocycles. The smallest absolute Gasteiger partial charge is 0.310 e. The first-order valence-corrected chi connectivity index (χ1v) is 6.10. The molecular weight excluding hydrogens is 280 g/mol. The summed E-state index contributed by atoms with van der Waals surface area (Å²) in [5.41, 5.74) is -1.11. The summed E-state index contributed by atoms with van der Waals surface area (Å²) in [5, 5.41) is 22.9. The number of carboxylic acids is 1. The van der Waals surface area contributed by atoms with Crippen LogP contribution in [0.4, 0.5) is 11.4 Å². The molecule has 116 valence electrons. The molecule has 1 rings (SSSR count). The summed E-state index contributed by atoms with van der Waals surface area (Å²) in [5.74, 6) is -0.455. The van der Waals surface area contributed by atoms with E-state index >= 15 is 0 Å². The number of nitro groups is 1. The average Bonchev–Trinajstić information content (AvgIpc) is 2.43.